The predicted octanol–water partition coefficient (Wildman–Crippen LogP) is 3.54. The Labute approximate surface area is 160 Å². The fourth-order valence-electron chi connectivity index (χ4n) is 2.78. The number of nitrogens with zero attached hydrogens (tertiary/aromatic N) is 3. The molecule has 0 bridgehead atoms. The quantitative estimate of drug-likeness (QED) is 0.494. The fraction of sp³-hybridized carbons (Fsp3) is 0.550. The van der Waals surface area contributed by atoms with Crippen molar-refractivity contribution in [3.63, 3.8) is 0 Å². The number of nitrogens with one attached hydrogen (secondary N) is 1. The molecule has 0 aliphatic heterocycles. The number of carbonyl (C=O) groups excluding carboxylic acids is 1. The van der Waals surface area contributed by atoms with Gasteiger partial charge in [-0.15, -0.1) is 10.2 Å². The molecule has 0 saturated carbocycles. The van der Waals surface area contributed by atoms with Crippen LogP contribution in [0, 0.1) is 0 Å². The highest BCUT2D eigenvalue weighted by Crippen LogP contribution is 2.14. The van der Waals surface area contributed by atoms with Gasteiger partial charge >= 0.3 is 0 Å². The summed E-state index contributed by atoms with van der Waals surface area (Å²) in [7, 11) is 0. The standard InChI is InChI=1S/C20H30N4O3/c25-14-8-6-4-2-1-3-5-7-9-15-27-19-12-10-18(11-13-19)20(26)23-24-16-21-22-17-24/h10-13,16-17,25H,1-9,14-15H2,(H,23,26). The van der Waals surface area contributed by atoms with Crippen molar-refractivity contribution in [3.8, 4) is 5.75 Å². The summed E-state index contributed by atoms with van der Waals surface area (Å²) in [5.74, 6) is 0.553. The van der Waals surface area contributed by atoms with E-state index in [1.54, 1.807) is 12.1 Å². The van der Waals surface area contributed by atoms with E-state index in [9.17, 15) is 4.79 Å². The number of hydrogen-bond donors (Lipinski definition) is 2. The number of benzene rings is 1. The summed E-state index contributed by atoms with van der Waals surface area (Å²) in [4.78, 5) is 12.0. The van der Waals surface area contributed by atoms with Gasteiger partial charge in [0.05, 0.1) is 6.61 Å². The van der Waals surface area contributed by atoms with Crippen LogP contribution in [0.15, 0.2) is 36.9 Å². The van der Waals surface area contributed by atoms with Gasteiger partial charge in [0.1, 0.15) is 18.4 Å². The van der Waals surface area contributed by atoms with Gasteiger partial charge in [-0.2, -0.15) is 0 Å². The number of rotatable bonds is 14. The van der Waals surface area contributed by atoms with Gasteiger partial charge < -0.3 is 9.84 Å². The summed E-state index contributed by atoms with van der Waals surface area (Å²) in [6, 6.07) is 7.11. The number of amides is 1. The molecule has 1 heterocycles. The van der Waals surface area contributed by atoms with Crippen LogP contribution in [-0.2, 0) is 0 Å². The van der Waals surface area contributed by atoms with Gasteiger partial charge in [-0.1, -0.05) is 44.9 Å². The van der Waals surface area contributed by atoms with Gasteiger partial charge in [-0.3, -0.25) is 10.2 Å². The third kappa shape index (κ3) is 8.68. The van der Waals surface area contributed by atoms with E-state index in [1.807, 2.05) is 12.1 Å². The molecule has 0 unspecified atom stereocenters. The maximum atomic E-state index is 12.0. The Morgan fingerprint density at radius 2 is 1.44 bits per heavy atom. The molecular weight excluding hydrogens is 344 g/mol. The number of unbranched alkanes of at least 4 members (excludes halogenated alkanes) is 8. The summed E-state index contributed by atoms with van der Waals surface area (Å²) < 4.78 is 7.14. The van der Waals surface area contributed by atoms with Crippen LogP contribution in [0.1, 0.15) is 68.1 Å². The second-order valence-corrected chi connectivity index (χ2v) is 6.59. The highest BCUT2D eigenvalue weighted by atomic mass is 16.5. The lowest BCUT2D eigenvalue weighted by Crippen LogP contribution is -2.21. The summed E-state index contributed by atoms with van der Waals surface area (Å²) in [5, 5.41) is 16.0. The van der Waals surface area contributed by atoms with Crippen LogP contribution in [0.4, 0.5) is 0 Å². The van der Waals surface area contributed by atoms with E-state index < -0.39 is 0 Å². The molecule has 0 aliphatic carbocycles. The summed E-state index contributed by atoms with van der Waals surface area (Å²) >= 11 is 0. The normalized spacial score (nSPS) is 10.7. The largest absolute Gasteiger partial charge is 0.494 e. The molecule has 0 aliphatic rings. The van der Waals surface area contributed by atoms with E-state index in [0.29, 0.717) is 18.8 Å². The average molecular weight is 374 g/mol. The van der Waals surface area contributed by atoms with E-state index in [1.165, 1.54) is 55.9 Å². The number of hydrogen-bond acceptors (Lipinski definition) is 5. The molecule has 1 aromatic heterocycles. The topological polar surface area (TPSA) is 89.3 Å². The number of aromatic nitrogens is 3. The first-order valence-electron chi connectivity index (χ1n) is 9.79. The average Bonchev–Trinajstić information content (AvgIpc) is 3.19. The molecule has 2 N–H and O–H groups in total. The minimum atomic E-state index is -0.224. The molecule has 1 aromatic carbocycles. The van der Waals surface area contributed by atoms with Crippen molar-refractivity contribution >= 4 is 5.91 Å². The minimum absolute atomic E-state index is 0.224. The van der Waals surface area contributed by atoms with Crippen LogP contribution in [0.3, 0.4) is 0 Å². The van der Waals surface area contributed by atoms with E-state index in [2.05, 4.69) is 15.6 Å². The first-order valence-corrected chi connectivity index (χ1v) is 9.79. The zero-order valence-corrected chi connectivity index (χ0v) is 15.8. The maximum absolute atomic E-state index is 12.0. The second kappa shape index (κ2) is 12.9. The number of aliphatic hydroxyl groups is 1. The van der Waals surface area contributed by atoms with E-state index in [0.717, 1.165) is 25.0 Å². The Morgan fingerprint density at radius 3 is 2.04 bits per heavy atom. The lowest BCUT2D eigenvalue weighted by atomic mass is 10.1. The van der Waals surface area contributed by atoms with Crippen LogP contribution >= 0.6 is 0 Å². The van der Waals surface area contributed by atoms with Gasteiger partial charge in [0, 0.05) is 12.2 Å². The summed E-state index contributed by atoms with van der Waals surface area (Å²) in [6.07, 6.45) is 13.4. The van der Waals surface area contributed by atoms with Crippen LogP contribution in [0.25, 0.3) is 0 Å². The van der Waals surface area contributed by atoms with E-state index >= 15 is 0 Å². The first-order chi connectivity index (χ1) is 13.3. The molecule has 0 atom stereocenters. The van der Waals surface area contributed by atoms with Crippen molar-refractivity contribution in [2.45, 2.75) is 57.8 Å². The molecule has 1 amide bonds. The van der Waals surface area contributed by atoms with Crippen LogP contribution < -0.4 is 10.2 Å². The molecule has 7 nitrogen and oxygen atoms in total. The Hall–Kier alpha value is -2.41. The molecule has 27 heavy (non-hydrogen) atoms. The summed E-state index contributed by atoms with van der Waals surface area (Å²) in [6.45, 7) is 1.02. The van der Waals surface area contributed by atoms with Crippen molar-refractivity contribution in [1.29, 1.82) is 0 Å². The number of carbonyl (C=O) groups is 1. The Kier molecular flexibility index (Phi) is 9.96. The number of aliphatic hydroxyl groups excluding tert-OH is 1. The van der Waals surface area contributed by atoms with Gasteiger partial charge in [0.15, 0.2) is 0 Å². The minimum Gasteiger partial charge on any atom is -0.494 e. The third-order valence-corrected chi connectivity index (χ3v) is 4.34. The van der Waals surface area contributed by atoms with Crippen molar-refractivity contribution in [2.24, 2.45) is 0 Å². The maximum Gasteiger partial charge on any atom is 0.270 e. The molecule has 148 valence electrons. The highest BCUT2D eigenvalue weighted by Gasteiger charge is 2.06. The molecule has 7 heteroatoms. The fourth-order valence-corrected chi connectivity index (χ4v) is 2.78. The van der Waals surface area contributed by atoms with Gasteiger partial charge in [0.25, 0.3) is 5.91 Å². The Morgan fingerprint density at radius 1 is 0.889 bits per heavy atom. The molecule has 0 fully saturated rings. The predicted molar refractivity (Wildman–Crippen MR) is 104 cm³/mol. The van der Waals surface area contributed by atoms with Crippen LogP contribution in [0.5, 0.6) is 5.75 Å². The zero-order valence-electron chi connectivity index (χ0n) is 15.8. The van der Waals surface area contributed by atoms with Crippen molar-refractivity contribution in [2.75, 3.05) is 18.6 Å². The molecule has 0 saturated heterocycles. The monoisotopic (exact) mass is 374 g/mol. The lowest BCUT2D eigenvalue weighted by molar-refractivity contribution is 0.101. The highest BCUT2D eigenvalue weighted by molar-refractivity contribution is 5.99. The molecule has 2 rings (SSSR count). The van der Waals surface area contributed by atoms with Crippen LogP contribution in [-0.4, -0.2) is 39.1 Å². The van der Waals surface area contributed by atoms with Crippen LogP contribution in [0.2, 0.25) is 0 Å². The SMILES string of the molecule is O=C(Nn1cnnc1)c1ccc(OCCCCCCCCCCCO)cc1. The summed E-state index contributed by atoms with van der Waals surface area (Å²) in [5.41, 5.74) is 3.20. The van der Waals surface area contributed by atoms with Crippen molar-refractivity contribution < 1.29 is 14.6 Å². The first kappa shape index (κ1) is 20.9. The Balaban J connectivity index is 1.52. The van der Waals surface area contributed by atoms with Gasteiger partial charge in [0.2, 0.25) is 0 Å². The van der Waals surface area contributed by atoms with Crippen molar-refractivity contribution in [3.05, 3.63) is 42.5 Å². The van der Waals surface area contributed by atoms with Crippen molar-refractivity contribution in [1.82, 2.24) is 14.9 Å². The second-order valence-electron chi connectivity index (χ2n) is 6.59. The van der Waals surface area contributed by atoms with E-state index in [4.69, 9.17) is 9.84 Å². The zero-order chi connectivity index (χ0) is 19.2. The Bertz CT molecular complexity index is 629. The molecule has 0 radical (unpaired) electrons. The third-order valence-electron chi connectivity index (χ3n) is 4.34. The van der Waals surface area contributed by atoms with Gasteiger partial charge in [-0.05, 0) is 37.1 Å². The smallest absolute Gasteiger partial charge is 0.270 e. The molecule has 2 aromatic rings. The van der Waals surface area contributed by atoms with Gasteiger partial charge in [-0.25, -0.2) is 4.68 Å². The lowest BCUT2D eigenvalue weighted by Gasteiger charge is -2.08. The molecule has 0 spiro atoms. The van der Waals surface area contributed by atoms with E-state index in [-0.39, 0.29) is 5.91 Å². The number of ether oxygens (including phenoxy) is 1. The molecular formula is C20H30N4O3.